The third-order valence-corrected chi connectivity index (χ3v) is 2.44. The Balaban J connectivity index is 3.73. The van der Waals surface area contributed by atoms with Crippen molar-refractivity contribution < 1.29 is 27.4 Å². The van der Waals surface area contributed by atoms with Crippen LogP contribution in [-0.2, 0) is 4.74 Å². The maximum atomic E-state index is 12.5. The number of aliphatic hydroxyl groups excluding tert-OH is 1. The minimum atomic E-state index is -4.08. The number of ether oxygens (including phenoxy) is 1. The second kappa shape index (κ2) is 8.71. The molecule has 116 valence electrons. The molecule has 0 aliphatic rings. The molecule has 0 amide bonds. The molecule has 7 heteroatoms. The van der Waals surface area contributed by atoms with Gasteiger partial charge >= 0.3 is 12.3 Å². The van der Waals surface area contributed by atoms with Crippen LogP contribution in [-0.4, -0.2) is 49.4 Å². The Morgan fingerprint density at radius 1 is 1.21 bits per heavy atom. The third-order valence-electron chi connectivity index (χ3n) is 2.44. The Kier molecular flexibility index (Phi) is 8.52. The molecule has 2 atom stereocenters. The number of hydrogen-bond donors (Lipinski definition) is 2. The van der Waals surface area contributed by atoms with Gasteiger partial charge in [-0.15, -0.1) is 0 Å². The van der Waals surface area contributed by atoms with Crippen LogP contribution in [0.2, 0.25) is 0 Å². The first-order chi connectivity index (χ1) is 8.65. The summed E-state index contributed by atoms with van der Waals surface area (Å²) in [4.78, 5) is 0. The SMILES string of the molecule is CC(C)CC(C)OCC(O)CNCC(F)(F)C(F)F. The maximum absolute atomic E-state index is 12.5. The van der Waals surface area contributed by atoms with E-state index in [4.69, 9.17) is 4.74 Å². The van der Waals surface area contributed by atoms with Gasteiger partial charge in [0.1, 0.15) is 0 Å². The Morgan fingerprint density at radius 3 is 2.26 bits per heavy atom. The molecule has 2 unspecified atom stereocenters. The van der Waals surface area contributed by atoms with Crippen LogP contribution in [0.3, 0.4) is 0 Å². The van der Waals surface area contributed by atoms with Crippen molar-refractivity contribution in [1.29, 1.82) is 0 Å². The second-order valence-electron chi connectivity index (χ2n) is 5.12. The summed E-state index contributed by atoms with van der Waals surface area (Å²) >= 11 is 0. The van der Waals surface area contributed by atoms with Crippen molar-refractivity contribution in [3.8, 4) is 0 Å². The maximum Gasteiger partial charge on any atom is 0.319 e. The highest BCUT2D eigenvalue weighted by Crippen LogP contribution is 2.21. The van der Waals surface area contributed by atoms with Gasteiger partial charge in [0, 0.05) is 6.54 Å². The number of nitrogens with one attached hydrogen (secondary N) is 1. The van der Waals surface area contributed by atoms with Gasteiger partial charge in [0.05, 0.1) is 25.4 Å². The summed E-state index contributed by atoms with van der Waals surface area (Å²) in [5, 5.41) is 11.6. The molecule has 0 spiro atoms. The molecule has 0 heterocycles. The topological polar surface area (TPSA) is 41.5 Å². The van der Waals surface area contributed by atoms with Gasteiger partial charge in [-0.05, 0) is 19.3 Å². The molecule has 0 radical (unpaired) electrons. The lowest BCUT2D eigenvalue weighted by Crippen LogP contribution is -2.42. The molecule has 0 aromatic heterocycles. The van der Waals surface area contributed by atoms with E-state index in [2.05, 4.69) is 5.32 Å². The summed E-state index contributed by atoms with van der Waals surface area (Å²) in [5.74, 6) is -3.62. The molecule has 0 aromatic rings. The molecule has 19 heavy (non-hydrogen) atoms. The first kappa shape index (κ1) is 18.6. The monoisotopic (exact) mass is 289 g/mol. The van der Waals surface area contributed by atoms with Crippen molar-refractivity contribution in [1.82, 2.24) is 5.32 Å². The van der Waals surface area contributed by atoms with Gasteiger partial charge in [-0.25, -0.2) is 8.78 Å². The molecule has 0 saturated carbocycles. The lowest BCUT2D eigenvalue weighted by atomic mass is 10.1. The minimum Gasteiger partial charge on any atom is -0.389 e. The lowest BCUT2D eigenvalue weighted by Gasteiger charge is -2.20. The van der Waals surface area contributed by atoms with E-state index in [1.54, 1.807) is 0 Å². The predicted octanol–water partition coefficient (Wildman–Crippen LogP) is 2.29. The number of rotatable bonds is 10. The van der Waals surface area contributed by atoms with E-state index in [0.29, 0.717) is 5.92 Å². The largest absolute Gasteiger partial charge is 0.389 e. The van der Waals surface area contributed by atoms with Gasteiger partial charge in [0.25, 0.3) is 0 Å². The minimum absolute atomic E-state index is 0.0128. The van der Waals surface area contributed by atoms with Crippen molar-refractivity contribution in [2.24, 2.45) is 5.92 Å². The molecule has 0 aliphatic carbocycles. The summed E-state index contributed by atoms with van der Waals surface area (Å²) in [7, 11) is 0. The molecule has 2 N–H and O–H groups in total. The smallest absolute Gasteiger partial charge is 0.319 e. The van der Waals surface area contributed by atoms with Crippen molar-refractivity contribution in [2.45, 2.75) is 51.7 Å². The third kappa shape index (κ3) is 9.18. The van der Waals surface area contributed by atoms with E-state index in [0.717, 1.165) is 6.42 Å². The van der Waals surface area contributed by atoms with E-state index in [1.165, 1.54) is 0 Å². The van der Waals surface area contributed by atoms with Crippen molar-refractivity contribution >= 4 is 0 Å². The molecule has 0 aromatic carbocycles. The van der Waals surface area contributed by atoms with Crippen LogP contribution >= 0.6 is 0 Å². The van der Waals surface area contributed by atoms with Crippen LogP contribution in [0.1, 0.15) is 27.2 Å². The molecule has 0 saturated heterocycles. The molecule has 0 fully saturated rings. The lowest BCUT2D eigenvalue weighted by molar-refractivity contribution is -0.126. The summed E-state index contributed by atoms with van der Waals surface area (Å²) in [6.07, 6.45) is -3.93. The van der Waals surface area contributed by atoms with E-state index < -0.39 is 25.0 Å². The van der Waals surface area contributed by atoms with Crippen LogP contribution in [0.25, 0.3) is 0 Å². The van der Waals surface area contributed by atoms with Gasteiger partial charge < -0.3 is 15.2 Å². The first-order valence-electron chi connectivity index (χ1n) is 6.31. The number of aliphatic hydroxyl groups is 1. The van der Waals surface area contributed by atoms with E-state index in [9.17, 15) is 22.7 Å². The second-order valence-corrected chi connectivity index (χ2v) is 5.12. The van der Waals surface area contributed by atoms with Gasteiger partial charge in [-0.2, -0.15) is 8.78 Å². The van der Waals surface area contributed by atoms with Crippen LogP contribution in [0.4, 0.5) is 17.6 Å². The van der Waals surface area contributed by atoms with E-state index in [-0.39, 0.29) is 19.3 Å². The fraction of sp³-hybridized carbons (Fsp3) is 1.00. The zero-order valence-electron chi connectivity index (χ0n) is 11.5. The van der Waals surface area contributed by atoms with Crippen LogP contribution in [0.5, 0.6) is 0 Å². The van der Waals surface area contributed by atoms with Gasteiger partial charge in [-0.1, -0.05) is 13.8 Å². The fourth-order valence-corrected chi connectivity index (χ4v) is 1.55. The molecular weight excluding hydrogens is 266 g/mol. The molecule has 0 aliphatic heterocycles. The Morgan fingerprint density at radius 2 is 1.79 bits per heavy atom. The summed E-state index contributed by atoms with van der Waals surface area (Å²) in [6, 6.07) is 0. The Bertz CT molecular complexity index is 240. The van der Waals surface area contributed by atoms with Gasteiger partial charge in [-0.3, -0.25) is 0 Å². The van der Waals surface area contributed by atoms with E-state index >= 15 is 0 Å². The summed E-state index contributed by atoms with van der Waals surface area (Å²) in [6.45, 7) is 4.53. The number of halogens is 4. The first-order valence-corrected chi connectivity index (χ1v) is 6.31. The standard InChI is InChI=1S/C12H23F4NO2/c1-8(2)4-9(3)19-6-10(18)5-17-7-12(15,16)11(13)14/h8-11,17-18H,4-7H2,1-3H3. The van der Waals surface area contributed by atoms with Gasteiger partial charge in [0.15, 0.2) is 0 Å². The quantitative estimate of drug-likeness (QED) is 0.606. The zero-order valence-corrected chi connectivity index (χ0v) is 11.5. The van der Waals surface area contributed by atoms with Gasteiger partial charge in [0.2, 0.25) is 0 Å². The average molecular weight is 289 g/mol. The Labute approximate surface area is 111 Å². The van der Waals surface area contributed by atoms with Crippen molar-refractivity contribution in [3.05, 3.63) is 0 Å². The highest BCUT2D eigenvalue weighted by molar-refractivity contribution is 4.73. The highest BCUT2D eigenvalue weighted by atomic mass is 19.3. The van der Waals surface area contributed by atoms with Crippen molar-refractivity contribution in [2.75, 3.05) is 19.7 Å². The van der Waals surface area contributed by atoms with Crippen LogP contribution in [0, 0.1) is 5.92 Å². The molecular formula is C12H23F4NO2. The van der Waals surface area contributed by atoms with Crippen molar-refractivity contribution in [3.63, 3.8) is 0 Å². The molecule has 3 nitrogen and oxygen atoms in total. The van der Waals surface area contributed by atoms with E-state index in [1.807, 2.05) is 20.8 Å². The summed E-state index contributed by atoms with van der Waals surface area (Å²) < 4.78 is 54.0. The van der Waals surface area contributed by atoms with Crippen LogP contribution in [0.15, 0.2) is 0 Å². The highest BCUT2D eigenvalue weighted by Gasteiger charge is 2.40. The predicted molar refractivity (Wildman–Crippen MR) is 64.7 cm³/mol. The normalized spacial score (nSPS) is 16.1. The van der Waals surface area contributed by atoms with Crippen LogP contribution < -0.4 is 5.32 Å². The fourth-order valence-electron chi connectivity index (χ4n) is 1.55. The molecule has 0 bridgehead atoms. The zero-order chi connectivity index (χ0) is 15.1. The number of alkyl halides is 4. The summed E-state index contributed by atoms with van der Waals surface area (Å²) in [5.41, 5.74) is 0. The Hall–Kier alpha value is -0.400. The molecule has 0 rings (SSSR count). The average Bonchev–Trinajstić information content (AvgIpc) is 2.25. The number of hydrogen-bond acceptors (Lipinski definition) is 3.